The standard InChI is InChI=1S/C17H18N4/c1-10(2)15-9-16(21-17(19)20-15)13-7-8-14(18)12-6-4-3-5-11(12)13/h3-10H,18H2,1-2H3,(H2,19,20,21). The Morgan fingerprint density at radius 2 is 1.62 bits per heavy atom. The van der Waals surface area contributed by atoms with Gasteiger partial charge < -0.3 is 11.5 Å². The first-order valence-electron chi connectivity index (χ1n) is 6.98. The molecule has 106 valence electrons. The summed E-state index contributed by atoms with van der Waals surface area (Å²) in [6, 6.07) is 13.9. The van der Waals surface area contributed by atoms with Crippen molar-refractivity contribution in [2.75, 3.05) is 11.5 Å². The van der Waals surface area contributed by atoms with Gasteiger partial charge in [0, 0.05) is 22.3 Å². The second kappa shape index (κ2) is 5.05. The molecule has 2 aromatic carbocycles. The van der Waals surface area contributed by atoms with E-state index in [1.54, 1.807) is 0 Å². The third-order valence-electron chi connectivity index (χ3n) is 3.59. The maximum atomic E-state index is 6.05. The van der Waals surface area contributed by atoms with Crippen molar-refractivity contribution in [2.45, 2.75) is 19.8 Å². The molecule has 4 N–H and O–H groups in total. The number of hydrogen-bond acceptors (Lipinski definition) is 4. The summed E-state index contributed by atoms with van der Waals surface area (Å²) in [5, 5.41) is 2.10. The summed E-state index contributed by atoms with van der Waals surface area (Å²) in [5.74, 6) is 0.603. The van der Waals surface area contributed by atoms with Gasteiger partial charge in [-0.2, -0.15) is 0 Å². The second-order valence-electron chi connectivity index (χ2n) is 5.44. The molecular weight excluding hydrogens is 260 g/mol. The van der Waals surface area contributed by atoms with E-state index in [4.69, 9.17) is 11.5 Å². The molecule has 0 atom stereocenters. The number of aromatic nitrogens is 2. The van der Waals surface area contributed by atoms with Crippen LogP contribution in [-0.4, -0.2) is 9.97 Å². The van der Waals surface area contributed by atoms with E-state index in [2.05, 4.69) is 23.8 Å². The van der Waals surface area contributed by atoms with Crippen molar-refractivity contribution in [3.05, 3.63) is 48.2 Å². The highest BCUT2D eigenvalue weighted by Gasteiger charge is 2.11. The van der Waals surface area contributed by atoms with Crippen LogP contribution in [0.5, 0.6) is 0 Å². The lowest BCUT2D eigenvalue weighted by atomic mass is 9.99. The van der Waals surface area contributed by atoms with E-state index >= 15 is 0 Å². The molecule has 0 radical (unpaired) electrons. The predicted octanol–water partition coefficient (Wildman–Crippen LogP) is 3.58. The third kappa shape index (κ3) is 2.40. The van der Waals surface area contributed by atoms with Crippen LogP contribution < -0.4 is 11.5 Å². The van der Waals surface area contributed by atoms with Gasteiger partial charge >= 0.3 is 0 Å². The SMILES string of the molecule is CC(C)c1cc(-c2ccc(N)c3ccccc23)nc(N)n1. The van der Waals surface area contributed by atoms with E-state index < -0.39 is 0 Å². The molecule has 0 saturated heterocycles. The number of nitrogen functional groups attached to an aromatic ring is 2. The Kier molecular flexibility index (Phi) is 3.22. The molecule has 0 bridgehead atoms. The summed E-state index contributed by atoms with van der Waals surface area (Å²) < 4.78 is 0. The van der Waals surface area contributed by atoms with Gasteiger partial charge in [-0.1, -0.05) is 44.2 Å². The zero-order valence-electron chi connectivity index (χ0n) is 12.2. The minimum Gasteiger partial charge on any atom is -0.398 e. The first-order chi connectivity index (χ1) is 10.1. The number of benzene rings is 2. The highest BCUT2D eigenvalue weighted by molar-refractivity contribution is 6.02. The fourth-order valence-electron chi connectivity index (χ4n) is 2.46. The quantitative estimate of drug-likeness (QED) is 0.702. The Morgan fingerprint density at radius 1 is 0.905 bits per heavy atom. The van der Waals surface area contributed by atoms with Crippen molar-refractivity contribution in [1.82, 2.24) is 9.97 Å². The van der Waals surface area contributed by atoms with E-state index in [1.807, 2.05) is 42.5 Å². The molecule has 21 heavy (non-hydrogen) atoms. The Morgan fingerprint density at radius 3 is 2.33 bits per heavy atom. The minimum absolute atomic E-state index is 0.300. The molecule has 4 heteroatoms. The number of nitrogens with two attached hydrogens (primary N) is 2. The topological polar surface area (TPSA) is 77.8 Å². The van der Waals surface area contributed by atoms with Gasteiger partial charge in [0.15, 0.2) is 0 Å². The fourth-order valence-corrected chi connectivity index (χ4v) is 2.46. The van der Waals surface area contributed by atoms with Gasteiger partial charge in [-0.15, -0.1) is 0 Å². The molecule has 0 saturated carbocycles. The van der Waals surface area contributed by atoms with Crippen LogP contribution in [0.4, 0.5) is 11.6 Å². The number of hydrogen-bond donors (Lipinski definition) is 2. The lowest BCUT2D eigenvalue weighted by Gasteiger charge is -2.11. The normalized spacial score (nSPS) is 11.2. The molecule has 3 aromatic rings. The molecule has 0 aliphatic heterocycles. The minimum atomic E-state index is 0.300. The summed E-state index contributed by atoms with van der Waals surface area (Å²) >= 11 is 0. The van der Waals surface area contributed by atoms with E-state index in [-0.39, 0.29) is 0 Å². The Labute approximate surface area is 123 Å². The number of fused-ring (bicyclic) bond motifs is 1. The summed E-state index contributed by atoms with van der Waals surface area (Å²) in [4.78, 5) is 8.69. The summed E-state index contributed by atoms with van der Waals surface area (Å²) in [7, 11) is 0. The van der Waals surface area contributed by atoms with Gasteiger partial charge in [-0.3, -0.25) is 0 Å². The third-order valence-corrected chi connectivity index (χ3v) is 3.59. The largest absolute Gasteiger partial charge is 0.398 e. The van der Waals surface area contributed by atoms with Crippen LogP contribution >= 0.6 is 0 Å². The van der Waals surface area contributed by atoms with Gasteiger partial charge in [-0.25, -0.2) is 9.97 Å². The zero-order valence-corrected chi connectivity index (χ0v) is 12.2. The lowest BCUT2D eigenvalue weighted by molar-refractivity contribution is 0.819. The second-order valence-corrected chi connectivity index (χ2v) is 5.44. The molecule has 0 fully saturated rings. The predicted molar refractivity (Wildman–Crippen MR) is 87.9 cm³/mol. The molecule has 0 aliphatic carbocycles. The van der Waals surface area contributed by atoms with Crippen molar-refractivity contribution in [3.8, 4) is 11.3 Å². The lowest BCUT2D eigenvalue weighted by Crippen LogP contribution is -2.02. The maximum Gasteiger partial charge on any atom is 0.220 e. The molecule has 4 nitrogen and oxygen atoms in total. The van der Waals surface area contributed by atoms with Crippen LogP contribution in [0, 0.1) is 0 Å². The van der Waals surface area contributed by atoms with Crippen LogP contribution in [-0.2, 0) is 0 Å². The van der Waals surface area contributed by atoms with Crippen LogP contribution in [0.1, 0.15) is 25.5 Å². The summed E-state index contributed by atoms with van der Waals surface area (Å²) in [6.45, 7) is 4.18. The molecule has 1 aromatic heterocycles. The van der Waals surface area contributed by atoms with E-state index in [9.17, 15) is 0 Å². The summed E-state index contributed by atoms with van der Waals surface area (Å²) in [5.41, 5.74) is 15.5. The highest BCUT2D eigenvalue weighted by Crippen LogP contribution is 2.32. The monoisotopic (exact) mass is 278 g/mol. The fraction of sp³-hybridized carbons (Fsp3) is 0.176. The number of rotatable bonds is 2. The summed E-state index contributed by atoms with van der Waals surface area (Å²) in [6.07, 6.45) is 0. The van der Waals surface area contributed by atoms with Crippen molar-refractivity contribution in [1.29, 1.82) is 0 Å². The van der Waals surface area contributed by atoms with Crippen molar-refractivity contribution >= 4 is 22.4 Å². The van der Waals surface area contributed by atoms with Gasteiger partial charge in [0.25, 0.3) is 0 Å². The highest BCUT2D eigenvalue weighted by atomic mass is 15.0. The van der Waals surface area contributed by atoms with Gasteiger partial charge in [0.05, 0.1) is 5.69 Å². The van der Waals surface area contributed by atoms with E-state index in [0.29, 0.717) is 11.9 Å². The average Bonchev–Trinajstić information content (AvgIpc) is 2.47. The maximum absolute atomic E-state index is 6.05. The number of anilines is 2. The molecule has 0 amide bonds. The smallest absolute Gasteiger partial charge is 0.220 e. The van der Waals surface area contributed by atoms with Gasteiger partial charge in [0.1, 0.15) is 0 Å². The van der Waals surface area contributed by atoms with Gasteiger partial charge in [0.2, 0.25) is 5.95 Å². The molecule has 0 aliphatic rings. The van der Waals surface area contributed by atoms with Gasteiger partial charge in [-0.05, 0) is 23.4 Å². The molecule has 0 unspecified atom stereocenters. The molecule has 1 heterocycles. The Hall–Kier alpha value is -2.62. The Balaban J connectivity index is 2.28. The number of nitrogens with zero attached hydrogens (tertiary/aromatic N) is 2. The van der Waals surface area contributed by atoms with Crippen molar-refractivity contribution in [2.24, 2.45) is 0 Å². The van der Waals surface area contributed by atoms with Crippen LogP contribution in [0.3, 0.4) is 0 Å². The Bertz CT molecular complexity index is 809. The van der Waals surface area contributed by atoms with Crippen molar-refractivity contribution < 1.29 is 0 Å². The first-order valence-corrected chi connectivity index (χ1v) is 6.98. The molecule has 0 spiro atoms. The van der Waals surface area contributed by atoms with E-state index in [1.165, 1.54) is 0 Å². The van der Waals surface area contributed by atoms with Crippen LogP contribution in [0.15, 0.2) is 42.5 Å². The average molecular weight is 278 g/mol. The van der Waals surface area contributed by atoms with Crippen molar-refractivity contribution in [3.63, 3.8) is 0 Å². The zero-order chi connectivity index (χ0) is 15.0. The molecule has 3 rings (SSSR count). The van der Waals surface area contributed by atoms with Crippen LogP contribution in [0.25, 0.3) is 22.0 Å². The first kappa shape index (κ1) is 13.4. The molecular formula is C17H18N4. The van der Waals surface area contributed by atoms with Crippen LogP contribution in [0.2, 0.25) is 0 Å². The van der Waals surface area contributed by atoms with E-state index in [0.717, 1.165) is 33.4 Å².